The number of nitrogens with one attached hydrogen (secondary N) is 1. The molecule has 0 spiro atoms. The van der Waals surface area contributed by atoms with Crippen LogP contribution in [0.3, 0.4) is 0 Å². The molecule has 17 heavy (non-hydrogen) atoms. The summed E-state index contributed by atoms with van der Waals surface area (Å²) in [5.41, 5.74) is 0.838. The molecular weight excluding hydrogens is 214 g/mol. The Morgan fingerprint density at radius 3 is 2.88 bits per heavy atom. The van der Waals surface area contributed by atoms with Gasteiger partial charge in [-0.05, 0) is 31.0 Å². The van der Waals surface area contributed by atoms with Crippen molar-refractivity contribution in [1.29, 1.82) is 0 Å². The van der Waals surface area contributed by atoms with E-state index in [-0.39, 0.29) is 17.7 Å². The molecule has 0 radical (unpaired) electrons. The third-order valence-corrected chi connectivity index (χ3v) is 2.67. The van der Waals surface area contributed by atoms with E-state index in [9.17, 15) is 9.90 Å². The Balaban J connectivity index is 2.39. The predicted octanol–water partition coefficient (Wildman–Crippen LogP) is 2.63. The smallest absolute Gasteiger partial charge is 0.224 e. The van der Waals surface area contributed by atoms with Gasteiger partial charge >= 0.3 is 0 Å². The molecule has 0 aliphatic carbocycles. The van der Waals surface area contributed by atoms with E-state index in [1.165, 1.54) is 0 Å². The van der Waals surface area contributed by atoms with Crippen molar-refractivity contribution in [2.45, 2.75) is 45.6 Å². The summed E-state index contributed by atoms with van der Waals surface area (Å²) in [4.78, 5) is 11.7. The summed E-state index contributed by atoms with van der Waals surface area (Å²) in [5.74, 6) is 0.216. The van der Waals surface area contributed by atoms with Gasteiger partial charge in [-0.3, -0.25) is 4.79 Å². The van der Waals surface area contributed by atoms with Gasteiger partial charge in [-0.15, -0.1) is 0 Å². The Bertz CT molecular complexity index is 363. The Kier molecular flexibility index (Phi) is 5.53. The molecule has 1 rings (SSSR count). The predicted molar refractivity (Wildman–Crippen MR) is 68.9 cm³/mol. The maximum atomic E-state index is 11.7. The Morgan fingerprint density at radius 1 is 1.47 bits per heavy atom. The van der Waals surface area contributed by atoms with Crippen LogP contribution < -0.4 is 5.32 Å². The van der Waals surface area contributed by atoms with E-state index >= 15 is 0 Å². The van der Waals surface area contributed by atoms with Gasteiger partial charge in [-0.1, -0.05) is 31.9 Å². The molecule has 2 N–H and O–H groups in total. The first kappa shape index (κ1) is 13.6. The number of hydrogen-bond donors (Lipinski definition) is 2. The van der Waals surface area contributed by atoms with Crippen LogP contribution in [0.1, 0.15) is 38.7 Å². The summed E-state index contributed by atoms with van der Waals surface area (Å²) < 4.78 is 0. The molecule has 0 fully saturated rings. The van der Waals surface area contributed by atoms with E-state index < -0.39 is 0 Å². The van der Waals surface area contributed by atoms with Crippen LogP contribution in [0.25, 0.3) is 0 Å². The molecule has 1 amide bonds. The lowest BCUT2D eigenvalue weighted by Gasteiger charge is -2.13. The largest absolute Gasteiger partial charge is 0.508 e. The first-order valence-corrected chi connectivity index (χ1v) is 6.19. The zero-order valence-electron chi connectivity index (χ0n) is 10.6. The molecule has 1 unspecified atom stereocenters. The molecule has 1 aromatic carbocycles. The topological polar surface area (TPSA) is 49.3 Å². The summed E-state index contributed by atoms with van der Waals surface area (Å²) >= 11 is 0. The van der Waals surface area contributed by atoms with Gasteiger partial charge in [0.05, 0.1) is 6.42 Å². The maximum absolute atomic E-state index is 11.7. The quantitative estimate of drug-likeness (QED) is 0.796. The van der Waals surface area contributed by atoms with E-state index in [2.05, 4.69) is 12.2 Å². The summed E-state index contributed by atoms with van der Waals surface area (Å²) in [5, 5.41) is 12.3. The molecule has 1 atom stereocenters. The average Bonchev–Trinajstić information content (AvgIpc) is 2.26. The normalized spacial score (nSPS) is 12.1. The summed E-state index contributed by atoms with van der Waals surface area (Å²) in [6, 6.07) is 7.04. The lowest BCUT2D eigenvalue weighted by molar-refractivity contribution is -0.121. The van der Waals surface area contributed by atoms with Crippen molar-refractivity contribution in [1.82, 2.24) is 5.32 Å². The van der Waals surface area contributed by atoms with Gasteiger partial charge < -0.3 is 10.4 Å². The minimum absolute atomic E-state index is 0.0132. The lowest BCUT2D eigenvalue weighted by Crippen LogP contribution is -2.33. The Hall–Kier alpha value is -1.51. The lowest BCUT2D eigenvalue weighted by atomic mass is 10.1. The minimum Gasteiger partial charge on any atom is -0.508 e. The van der Waals surface area contributed by atoms with Gasteiger partial charge in [0.25, 0.3) is 0 Å². The van der Waals surface area contributed by atoms with Crippen LogP contribution in [-0.4, -0.2) is 17.1 Å². The van der Waals surface area contributed by atoms with E-state index in [4.69, 9.17) is 0 Å². The third-order valence-electron chi connectivity index (χ3n) is 2.67. The van der Waals surface area contributed by atoms with Gasteiger partial charge in [-0.2, -0.15) is 0 Å². The Labute approximate surface area is 103 Å². The van der Waals surface area contributed by atoms with Gasteiger partial charge in [0.15, 0.2) is 0 Å². The van der Waals surface area contributed by atoms with Crippen molar-refractivity contribution >= 4 is 5.91 Å². The first-order valence-electron chi connectivity index (χ1n) is 6.19. The van der Waals surface area contributed by atoms with Crippen molar-refractivity contribution in [2.75, 3.05) is 0 Å². The number of unbranched alkanes of at least 4 members (excludes halogenated alkanes) is 1. The maximum Gasteiger partial charge on any atom is 0.224 e. The highest BCUT2D eigenvalue weighted by Gasteiger charge is 2.07. The summed E-state index contributed by atoms with van der Waals surface area (Å²) in [6.45, 7) is 4.16. The fraction of sp³-hybridized carbons (Fsp3) is 0.500. The van der Waals surface area contributed by atoms with Crippen molar-refractivity contribution < 1.29 is 9.90 Å². The second-order valence-electron chi connectivity index (χ2n) is 4.46. The van der Waals surface area contributed by atoms with Crippen LogP contribution in [0.5, 0.6) is 5.75 Å². The van der Waals surface area contributed by atoms with Crippen molar-refractivity contribution in [3.8, 4) is 5.75 Å². The highest BCUT2D eigenvalue weighted by molar-refractivity contribution is 5.78. The van der Waals surface area contributed by atoms with Crippen LogP contribution in [0, 0.1) is 0 Å². The first-order chi connectivity index (χ1) is 8.11. The fourth-order valence-corrected chi connectivity index (χ4v) is 1.76. The van der Waals surface area contributed by atoms with Gasteiger partial charge in [0, 0.05) is 6.04 Å². The van der Waals surface area contributed by atoms with Crippen molar-refractivity contribution in [2.24, 2.45) is 0 Å². The van der Waals surface area contributed by atoms with Crippen molar-refractivity contribution in [3.05, 3.63) is 29.8 Å². The second kappa shape index (κ2) is 6.94. The van der Waals surface area contributed by atoms with E-state index in [0.29, 0.717) is 6.42 Å². The number of phenols is 1. The average molecular weight is 235 g/mol. The zero-order chi connectivity index (χ0) is 12.7. The molecule has 1 aromatic rings. The third kappa shape index (κ3) is 5.38. The van der Waals surface area contributed by atoms with Crippen molar-refractivity contribution in [3.63, 3.8) is 0 Å². The summed E-state index contributed by atoms with van der Waals surface area (Å²) in [6.07, 6.45) is 3.62. The SMILES string of the molecule is CCCCC(C)NC(=O)Cc1cccc(O)c1. The number of amides is 1. The molecule has 3 nitrogen and oxygen atoms in total. The molecular formula is C14H21NO2. The van der Waals surface area contributed by atoms with Crippen LogP contribution >= 0.6 is 0 Å². The van der Waals surface area contributed by atoms with Crippen LogP contribution in [0.4, 0.5) is 0 Å². The highest BCUT2D eigenvalue weighted by Crippen LogP contribution is 2.11. The van der Waals surface area contributed by atoms with E-state index in [0.717, 1.165) is 24.8 Å². The van der Waals surface area contributed by atoms with Crippen LogP contribution in [0.2, 0.25) is 0 Å². The fourth-order valence-electron chi connectivity index (χ4n) is 1.76. The van der Waals surface area contributed by atoms with Gasteiger partial charge in [0.1, 0.15) is 5.75 Å². The number of rotatable bonds is 6. The standard InChI is InChI=1S/C14H21NO2/c1-3-4-6-11(2)15-14(17)10-12-7-5-8-13(16)9-12/h5,7-9,11,16H,3-4,6,10H2,1-2H3,(H,15,17). The van der Waals surface area contributed by atoms with Gasteiger partial charge in [0.2, 0.25) is 5.91 Å². The number of benzene rings is 1. The van der Waals surface area contributed by atoms with E-state index in [1.807, 2.05) is 13.0 Å². The Morgan fingerprint density at radius 2 is 2.24 bits per heavy atom. The summed E-state index contributed by atoms with van der Waals surface area (Å²) in [7, 11) is 0. The number of carbonyl (C=O) groups excluding carboxylic acids is 1. The number of carbonyl (C=O) groups is 1. The zero-order valence-corrected chi connectivity index (χ0v) is 10.6. The molecule has 0 saturated heterocycles. The molecule has 0 heterocycles. The molecule has 94 valence electrons. The van der Waals surface area contributed by atoms with E-state index in [1.54, 1.807) is 18.2 Å². The van der Waals surface area contributed by atoms with Crippen LogP contribution in [-0.2, 0) is 11.2 Å². The number of phenolic OH excluding ortho intramolecular Hbond substituents is 1. The molecule has 0 aliphatic heterocycles. The number of hydrogen-bond acceptors (Lipinski definition) is 2. The van der Waals surface area contributed by atoms with Crippen LogP contribution in [0.15, 0.2) is 24.3 Å². The minimum atomic E-state index is 0.0132. The monoisotopic (exact) mass is 235 g/mol. The van der Waals surface area contributed by atoms with Gasteiger partial charge in [-0.25, -0.2) is 0 Å². The molecule has 3 heteroatoms. The molecule has 0 bridgehead atoms. The second-order valence-corrected chi connectivity index (χ2v) is 4.46. The number of aromatic hydroxyl groups is 1. The highest BCUT2D eigenvalue weighted by atomic mass is 16.3. The molecule has 0 aliphatic rings. The molecule has 0 aromatic heterocycles. The molecule has 0 saturated carbocycles.